The summed E-state index contributed by atoms with van der Waals surface area (Å²) in [6.07, 6.45) is -4.00. The first-order chi connectivity index (χ1) is 10.8. The average molecular weight is 348 g/mol. The first kappa shape index (κ1) is 17.9. The van der Waals surface area contributed by atoms with Crippen molar-refractivity contribution in [2.75, 3.05) is 30.0 Å². The summed E-state index contributed by atoms with van der Waals surface area (Å²) in [5.41, 5.74) is 1.09. The second kappa shape index (κ2) is 7.92. The van der Waals surface area contributed by atoms with Crippen molar-refractivity contribution in [2.24, 2.45) is 0 Å². The molecule has 0 bridgehead atoms. The van der Waals surface area contributed by atoms with Gasteiger partial charge >= 0.3 is 6.18 Å². The van der Waals surface area contributed by atoms with Crippen LogP contribution in [0.15, 0.2) is 18.2 Å². The number of hydrogen-bond donors (Lipinski definition) is 2. The van der Waals surface area contributed by atoms with E-state index < -0.39 is 12.8 Å². The third-order valence-electron chi connectivity index (χ3n) is 3.28. The van der Waals surface area contributed by atoms with Crippen LogP contribution in [0.5, 0.6) is 5.75 Å². The number of amides is 1. The van der Waals surface area contributed by atoms with E-state index in [0.717, 1.165) is 18.1 Å². The number of rotatable bonds is 5. The van der Waals surface area contributed by atoms with E-state index in [9.17, 15) is 18.0 Å². The van der Waals surface area contributed by atoms with Gasteiger partial charge in [0, 0.05) is 36.2 Å². The minimum atomic E-state index is -4.37. The fourth-order valence-corrected chi connectivity index (χ4v) is 3.18. The molecular weight excluding hydrogens is 329 g/mol. The number of carbonyl (C=O) groups is 1. The maximum absolute atomic E-state index is 12.2. The summed E-state index contributed by atoms with van der Waals surface area (Å²) >= 11 is 1.81. The second-order valence-electron chi connectivity index (χ2n) is 5.36. The summed E-state index contributed by atoms with van der Waals surface area (Å²) in [5.74, 6) is 1.99. The van der Waals surface area contributed by atoms with Crippen LogP contribution in [0.4, 0.5) is 18.9 Å². The molecule has 0 spiro atoms. The molecule has 2 rings (SSSR count). The van der Waals surface area contributed by atoms with Gasteiger partial charge in [0.2, 0.25) is 5.91 Å². The molecule has 8 heteroatoms. The van der Waals surface area contributed by atoms with Gasteiger partial charge in [-0.1, -0.05) is 0 Å². The number of hydrogen-bond acceptors (Lipinski definition) is 4. The van der Waals surface area contributed by atoms with Crippen molar-refractivity contribution < 1.29 is 22.7 Å². The van der Waals surface area contributed by atoms with Gasteiger partial charge in [-0.25, -0.2) is 0 Å². The summed E-state index contributed by atoms with van der Waals surface area (Å²) in [6, 6.07) is 4.74. The van der Waals surface area contributed by atoms with Crippen molar-refractivity contribution in [2.45, 2.75) is 25.6 Å². The monoisotopic (exact) mass is 348 g/mol. The van der Waals surface area contributed by atoms with Crippen LogP contribution in [-0.4, -0.2) is 42.8 Å². The van der Waals surface area contributed by atoms with Crippen LogP contribution in [0, 0.1) is 6.92 Å². The predicted octanol–water partition coefficient (Wildman–Crippen LogP) is 2.97. The molecule has 1 aromatic rings. The number of aryl methyl sites for hydroxylation is 1. The first-order valence-corrected chi connectivity index (χ1v) is 8.40. The molecule has 23 heavy (non-hydrogen) atoms. The molecule has 0 saturated carbocycles. The standard InChI is InChI=1S/C15H19F3N2O2S/c1-10-6-11(2-3-13(10)22-9-15(16,17)18)20-14(21)7-12-8-23-5-4-19-12/h2-3,6,12,19H,4-5,7-9H2,1H3,(H,20,21). The molecule has 0 aliphatic carbocycles. The number of halogens is 3. The van der Waals surface area contributed by atoms with Gasteiger partial charge in [0.05, 0.1) is 0 Å². The van der Waals surface area contributed by atoms with Gasteiger partial charge in [-0.3, -0.25) is 4.79 Å². The van der Waals surface area contributed by atoms with Crippen LogP contribution in [0.25, 0.3) is 0 Å². The largest absolute Gasteiger partial charge is 0.484 e. The van der Waals surface area contributed by atoms with E-state index in [1.807, 2.05) is 11.8 Å². The SMILES string of the molecule is Cc1cc(NC(=O)CC2CSCCN2)ccc1OCC(F)(F)F. The Labute approximate surface area is 137 Å². The number of thioether (sulfide) groups is 1. The summed E-state index contributed by atoms with van der Waals surface area (Å²) < 4.78 is 41.2. The van der Waals surface area contributed by atoms with Crippen LogP contribution < -0.4 is 15.4 Å². The number of nitrogens with one attached hydrogen (secondary N) is 2. The molecule has 2 N–H and O–H groups in total. The number of benzene rings is 1. The lowest BCUT2D eigenvalue weighted by Crippen LogP contribution is -2.39. The molecule has 1 heterocycles. The molecule has 4 nitrogen and oxygen atoms in total. The minimum absolute atomic E-state index is 0.117. The van der Waals surface area contributed by atoms with Crippen molar-refractivity contribution in [1.82, 2.24) is 5.32 Å². The second-order valence-corrected chi connectivity index (χ2v) is 6.51. The van der Waals surface area contributed by atoms with Gasteiger partial charge in [-0.05, 0) is 30.7 Å². The lowest BCUT2D eigenvalue weighted by molar-refractivity contribution is -0.153. The Hall–Kier alpha value is -1.41. The van der Waals surface area contributed by atoms with Gasteiger partial charge < -0.3 is 15.4 Å². The Bertz CT molecular complexity index is 546. The van der Waals surface area contributed by atoms with Crippen LogP contribution in [0.1, 0.15) is 12.0 Å². The van der Waals surface area contributed by atoms with Gasteiger partial charge in [0.25, 0.3) is 0 Å². The van der Waals surface area contributed by atoms with Crippen LogP contribution in [-0.2, 0) is 4.79 Å². The van der Waals surface area contributed by atoms with Crippen molar-refractivity contribution in [1.29, 1.82) is 0 Å². The van der Waals surface area contributed by atoms with E-state index in [4.69, 9.17) is 4.74 Å². The first-order valence-electron chi connectivity index (χ1n) is 7.25. The van der Waals surface area contributed by atoms with Crippen molar-refractivity contribution in [3.63, 3.8) is 0 Å². The van der Waals surface area contributed by atoms with E-state index in [1.165, 1.54) is 6.07 Å². The number of carbonyl (C=O) groups excluding carboxylic acids is 1. The van der Waals surface area contributed by atoms with Crippen molar-refractivity contribution in [3.05, 3.63) is 23.8 Å². The number of anilines is 1. The fourth-order valence-electron chi connectivity index (χ4n) is 2.24. The highest BCUT2D eigenvalue weighted by atomic mass is 32.2. The molecule has 0 aromatic heterocycles. The predicted molar refractivity (Wildman–Crippen MR) is 85.1 cm³/mol. The van der Waals surface area contributed by atoms with Gasteiger partial charge in [-0.2, -0.15) is 24.9 Å². The molecule has 1 aromatic carbocycles. The van der Waals surface area contributed by atoms with E-state index in [2.05, 4.69) is 10.6 Å². The maximum atomic E-state index is 12.2. The van der Waals surface area contributed by atoms with Gasteiger partial charge in [0.15, 0.2) is 6.61 Å². The van der Waals surface area contributed by atoms with Crippen LogP contribution >= 0.6 is 11.8 Å². The Balaban J connectivity index is 1.88. The molecule has 128 valence electrons. The van der Waals surface area contributed by atoms with Crippen LogP contribution in [0.2, 0.25) is 0 Å². The molecule has 0 radical (unpaired) electrons. The topological polar surface area (TPSA) is 50.4 Å². The van der Waals surface area contributed by atoms with Crippen LogP contribution in [0.3, 0.4) is 0 Å². The summed E-state index contributed by atoms with van der Waals surface area (Å²) in [6.45, 7) is 1.21. The molecule has 1 fully saturated rings. The van der Waals surface area contributed by atoms with E-state index in [1.54, 1.807) is 19.1 Å². The molecule has 1 aliphatic rings. The third kappa shape index (κ3) is 6.31. The highest BCUT2D eigenvalue weighted by Crippen LogP contribution is 2.24. The summed E-state index contributed by atoms with van der Waals surface area (Å²) in [7, 11) is 0. The van der Waals surface area contributed by atoms with Gasteiger partial charge in [-0.15, -0.1) is 0 Å². The highest BCUT2D eigenvalue weighted by molar-refractivity contribution is 7.99. The Morgan fingerprint density at radius 3 is 2.87 bits per heavy atom. The molecule has 1 saturated heterocycles. The molecule has 1 aliphatic heterocycles. The minimum Gasteiger partial charge on any atom is -0.484 e. The zero-order valence-corrected chi connectivity index (χ0v) is 13.5. The Morgan fingerprint density at radius 1 is 1.48 bits per heavy atom. The van der Waals surface area contributed by atoms with E-state index in [0.29, 0.717) is 17.7 Å². The lowest BCUT2D eigenvalue weighted by atomic mass is 10.2. The zero-order chi connectivity index (χ0) is 16.9. The van der Waals surface area contributed by atoms with Crippen molar-refractivity contribution in [3.8, 4) is 5.75 Å². The lowest BCUT2D eigenvalue weighted by Gasteiger charge is -2.22. The van der Waals surface area contributed by atoms with Crippen molar-refractivity contribution >= 4 is 23.4 Å². The highest BCUT2D eigenvalue weighted by Gasteiger charge is 2.28. The molecule has 1 unspecified atom stereocenters. The third-order valence-corrected chi connectivity index (χ3v) is 4.41. The summed E-state index contributed by atoms with van der Waals surface area (Å²) in [4.78, 5) is 12.0. The zero-order valence-electron chi connectivity index (χ0n) is 12.7. The molecular formula is C15H19F3N2O2S. The molecule has 1 atom stereocenters. The van der Waals surface area contributed by atoms with E-state index in [-0.39, 0.29) is 17.7 Å². The number of ether oxygens (including phenoxy) is 1. The quantitative estimate of drug-likeness (QED) is 0.859. The Kier molecular flexibility index (Phi) is 6.17. The normalized spacial score (nSPS) is 18.5. The fraction of sp³-hybridized carbons (Fsp3) is 0.533. The maximum Gasteiger partial charge on any atom is 0.422 e. The van der Waals surface area contributed by atoms with Gasteiger partial charge in [0.1, 0.15) is 5.75 Å². The van der Waals surface area contributed by atoms with E-state index >= 15 is 0 Å². The average Bonchev–Trinajstić information content (AvgIpc) is 2.46. The smallest absolute Gasteiger partial charge is 0.422 e. The molecule has 1 amide bonds. The Morgan fingerprint density at radius 2 is 2.26 bits per heavy atom. The number of alkyl halides is 3. The summed E-state index contributed by atoms with van der Waals surface area (Å²) in [5, 5.41) is 6.04.